The van der Waals surface area contributed by atoms with E-state index in [0.29, 0.717) is 22.6 Å². The lowest BCUT2D eigenvalue weighted by Gasteiger charge is -2.33. The Morgan fingerprint density at radius 1 is 1.18 bits per heavy atom. The molecule has 1 aliphatic carbocycles. The second kappa shape index (κ2) is 11.1. The quantitative estimate of drug-likeness (QED) is 0.277. The van der Waals surface area contributed by atoms with Crippen LogP contribution in [0, 0.1) is 18.3 Å². The van der Waals surface area contributed by atoms with E-state index in [9.17, 15) is 31.5 Å². The number of imidazole rings is 1. The monoisotopic (exact) mass is 636 g/mol. The average Bonchev–Trinajstić information content (AvgIpc) is 3.75. The number of aromatic nitrogens is 8. The van der Waals surface area contributed by atoms with Gasteiger partial charge in [-0.2, -0.15) is 33.3 Å². The topological polar surface area (TPSA) is 158 Å². The first kappa shape index (κ1) is 30.5. The fourth-order valence-corrected chi connectivity index (χ4v) is 6.27. The van der Waals surface area contributed by atoms with Crippen molar-refractivity contribution in [1.82, 2.24) is 50.5 Å². The summed E-state index contributed by atoms with van der Waals surface area (Å²) in [5.41, 5.74) is 0.168. The molecule has 1 aliphatic heterocycles. The van der Waals surface area contributed by atoms with Crippen LogP contribution in [0.5, 0.6) is 0 Å². The summed E-state index contributed by atoms with van der Waals surface area (Å²) >= 11 is 0. The van der Waals surface area contributed by atoms with E-state index >= 15 is 0 Å². The molecule has 0 unspecified atom stereocenters. The summed E-state index contributed by atoms with van der Waals surface area (Å²) in [5.74, 6) is -4.55. The third-order valence-corrected chi connectivity index (χ3v) is 8.59. The van der Waals surface area contributed by atoms with Gasteiger partial charge in [0.25, 0.3) is 5.91 Å². The Hall–Kier alpha value is -4.51. The number of aryl methyl sites for hydroxylation is 2. The van der Waals surface area contributed by atoms with Crippen LogP contribution in [0.1, 0.15) is 71.3 Å². The van der Waals surface area contributed by atoms with Crippen molar-refractivity contribution in [2.75, 3.05) is 0 Å². The van der Waals surface area contributed by atoms with Crippen LogP contribution in [-0.2, 0) is 24.7 Å². The number of carbonyl (C=O) groups is 2. The molecular weight excluding hydrogens is 607 g/mol. The molecule has 2 aliphatic rings. The standard InChI is InChI=1S/C27H29F5N10O3/c1-14-21(40-45-39-14)23(43)37-22(16-3-5-26(28,29)6-4-16)18-13-42-20(35-18)7-15(11-34-42)8-25(9-17-12-33-41(2)38-17)10-19(27(30,31)32)36-24(25)44/h7,11-13,16,19,22H,3-6,8-10H2,1-2H3,(H,36,44)(H,37,43)/t19-,22-,25+/m0/s1. The molecule has 0 radical (unpaired) electrons. The molecule has 2 amide bonds. The molecule has 4 aromatic rings. The number of nitrogens with one attached hydrogen (secondary N) is 2. The lowest BCUT2D eigenvalue weighted by Crippen LogP contribution is -2.39. The first-order chi connectivity index (χ1) is 21.2. The van der Waals surface area contributed by atoms with E-state index in [0.717, 1.165) is 0 Å². The van der Waals surface area contributed by atoms with Gasteiger partial charge in [0.1, 0.15) is 11.7 Å². The lowest BCUT2D eigenvalue weighted by molar-refractivity contribution is -0.155. The molecule has 3 atom stereocenters. The number of nitrogens with zero attached hydrogens (tertiary/aromatic N) is 8. The van der Waals surface area contributed by atoms with Crippen LogP contribution in [0.15, 0.2) is 29.3 Å². The number of alkyl halides is 5. The predicted molar refractivity (Wildman–Crippen MR) is 143 cm³/mol. The molecule has 2 fully saturated rings. The average molecular weight is 637 g/mol. The zero-order valence-electron chi connectivity index (χ0n) is 24.2. The first-order valence-electron chi connectivity index (χ1n) is 14.3. The van der Waals surface area contributed by atoms with E-state index in [1.165, 1.54) is 28.6 Å². The van der Waals surface area contributed by atoms with Crippen LogP contribution in [-0.4, -0.2) is 69.9 Å². The molecule has 2 N–H and O–H groups in total. The number of rotatable bonds is 8. The van der Waals surface area contributed by atoms with Gasteiger partial charge in [0, 0.05) is 26.3 Å². The van der Waals surface area contributed by atoms with E-state index in [4.69, 9.17) is 0 Å². The van der Waals surface area contributed by atoms with Gasteiger partial charge in [0.2, 0.25) is 11.8 Å². The number of carbonyl (C=O) groups excluding carboxylic acids is 2. The van der Waals surface area contributed by atoms with E-state index < -0.39 is 47.8 Å². The van der Waals surface area contributed by atoms with Gasteiger partial charge in [0.15, 0.2) is 11.3 Å². The lowest BCUT2D eigenvalue weighted by atomic mass is 9.75. The molecule has 6 rings (SSSR count). The molecule has 45 heavy (non-hydrogen) atoms. The molecule has 18 heteroatoms. The minimum absolute atomic E-state index is 0.0503. The van der Waals surface area contributed by atoms with Crippen LogP contribution >= 0.6 is 0 Å². The molecule has 0 aromatic carbocycles. The number of hydrogen-bond acceptors (Lipinski definition) is 9. The molecule has 1 saturated carbocycles. The molecule has 1 saturated heterocycles. The highest BCUT2D eigenvalue weighted by Gasteiger charge is 2.55. The Morgan fingerprint density at radius 3 is 2.56 bits per heavy atom. The summed E-state index contributed by atoms with van der Waals surface area (Å²) in [6.07, 6.45) is -1.36. The highest BCUT2D eigenvalue weighted by Crippen LogP contribution is 2.43. The van der Waals surface area contributed by atoms with Crippen molar-refractivity contribution in [2.45, 2.75) is 76.1 Å². The van der Waals surface area contributed by atoms with Crippen LogP contribution < -0.4 is 10.6 Å². The summed E-state index contributed by atoms with van der Waals surface area (Å²) in [4.78, 5) is 32.1. The van der Waals surface area contributed by atoms with Crippen LogP contribution in [0.4, 0.5) is 22.0 Å². The fourth-order valence-electron chi connectivity index (χ4n) is 6.27. The van der Waals surface area contributed by atoms with Gasteiger partial charge in [-0.25, -0.2) is 22.9 Å². The Bertz CT molecular complexity index is 1720. The summed E-state index contributed by atoms with van der Waals surface area (Å²) in [6.45, 7) is 1.54. The Morgan fingerprint density at radius 2 is 1.93 bits per heavy atom. The third kappa shape index (κ3) is 6.22. The first-order valence-corrected chi connectivity index (χ1v) is 14.3. The highest BCUT2D eigenvalue weighted by atomic mass is 19.4. The van der Waals surface area contributed by atoms with Gasteiger partial charge in [0.05, 0.1) is 41.4 Å². The van der Waals surface area contributed by atoms with Gasteiger partial charge >= 0.3 is 6.18 Å². The Balaban J connectivity index is 1.31. The zero-order chi connectivity index (χ0) is 32.1. The highest BCUT2D eigenvalue weighted by molar-refractivity contribution is 5.93. The summed E-state index contributed by atoms with van der Waals surface area (Å²) in [6, 6.07) is -1.21. The van der Waals surface area contributed by atoms with E-state index in [-0.39, 0.29) is 55.8 Å². The maximum atomic E-state index is 14.0. The molecule has 0 bridgehead atoms. The second-order valence-electron chi connectivity index (χ2n) is 11.9. The Labute approximate surface area is 251 Å². The normalized spacial score (nSPS) is 22.9. The number of halogens is 5. The third-order valence-electron chi connectivity index (χ3n) is 8.59. The van der Waals surface area contributed by atoms with Gasteiger partial charge < -0.3 is 10.6 Å². The molecule has 13 nitrogen and oxygen atoms in total. The van der Waals surface area contributed by atoms with Crippen LogP contribution in [0.2, 0.25) is 0 Å². The van der Waals surface area contributed by atoms with Gasteiger partial charge in [-0.1, -0.05) is 5.16 Å². The van der Waals surface area contributed by atoms with Crippen molar-refractivity contribution in [3.8, 4) is 0 Å². The minimum Gasteiger partial charge on any atom is -0.344 e. The maximum Gasteiger partial charge on any atom is 0.408 e. The van der Waals surface area contributed by atoms with Crippen molar-refractivity contribution in [3.05, 3.63) is 53.0 Å². The van der Waals surface area contributed by atoms with Crippen molar-refractivity contribution in [2.24, 2.45) is 18.4 Å². The SMILES string of the molecule is Cc1nonc1C(=O)N[C@H](c1cn2ncc(C[C@@]3(Cc4cnn(C)n4)C[C@@H](C(F)(F)F)NC3=O)cc2n1)C1CCC(F)(F)CC1. The minimum atomic E-state index is -4.64. The van der Waals surface area contributed by atoms with Crippen molar-refractivity contribution >= 4 is 17.5 Å². The van der Waals surface area contributed by atoms with E-state index in [1.807, 2.05) is 0 Å². The van der Waals surface area contributed by atoms with E-state index in [2.05, 4.69) is 45.9 Å². The number of fused-ring (bicyclic) bond motifs is 1. The molecule has 0 spiro atoms. The van der Waals surface area contributed by atoms with Crippen molar-refractivity contribution < 1.29 is 36.2 Å². The predicted octanol–water partition coefficient (Wildman–Crippen LogP) is 3.07. The maximum absolute atomic E-state index is 14.0. The zero-order valence-corrected chi connectivity index (χ0v) is 24.2. The second-order valence-corrected chi connectivity index (χ2v) is 11.9. The van der Waals surface area contributed by atoms with Crippen molar-refractivity contribution in [3.63, 3.8) is 0 Å². The van der Waals surface area contributed by atoms with Gasteiger partial charge in [-0.05, 0) is 55.3 Å². The summed E-state index contributed by atoms with van der Waals surface area (Å²) < 4.78 is 75.1. The van der Waals surface area contributed by atoms with Crippen LogP contribution in [0.3, 0.4) is 0 Å². The summed E-state index contributed by atoms with van der Waals surface area (Å²) in [5, 5.41) is 24.7. The number of amides is 2. The van der Waals surface area contributed by atoms with Gasteiger partial charge in [-0.15, -0.1) is 0 Å². The fraction of sp³-hybridized carbons (Fsp3) is 0.556. The smallest absolute Gasteiger partial charge is 0.344 e. The molecule has 240 valence electrons. The molecule has 5 heterocycles. The van der Waals surface area contributed by atoms with E-state index in [1.54, 1.807) is 19.3 Å². The molecular formula is C27H29F5N10O3. The van der Waals surface area contributed by atoms with Gasteiger partial charge in [-0.3, -0.25) is 9.59 Å². The van der Waals surface area contributed by atoms with Crippen LogP contribution in [0.25, 0.3) is 5.65 Å². The molecule has 4 aromatic heterocycles. The number of hydrogen-bond donors (Lipinski definition) is 2. The summed E-state index contributed by atoms with van der Waals surface area (Å²) in [7, 11) is 1.56. The largest absolute Gasteiger partial charge is 0.408 e. The van der Waals surface area contributed by atoms with Crippen molar-refractivity contribution in [1.29, 1.82) is 0 Å². The Kier molecular flexibility index (Phi) is 7.55.